The second-order valence-corrected chi connectivity index (χ2v) is 5.78. The van der Waals surface area contributed by atoms with E-state index in [0.717, 1.165) is 5.69 Å². The highest BCUT2D eigenvalue weighted by atomic mass is 16.5. The van der Waals surface area contributed by atoms with Crippen LogP contribution in [0.4, 0.5) is 5.69 Å². The lowest BCUT2D eigenvalue weighted by Crippen LogP contribution is -2.47. The van der Waals surface area contributed by atoms with Gasteiger partial charge in [0, 0.05) is 19.5 Å². The molecule has 0 bridgehead atoms. The van der Waals surface area contributed by atoms with Crippen LogP contribution in [-0.2, 0) is 14.3 Å². The summed E-state index contributed by atoms with van der Waals surface area (Å²) in [6.45, 7) is 3.51. The van der Waals surface area contributed by atoms with Crippen LogP contribution in [0.15, 0.2) is 35.4 Å². The van der Waals surface area contributed by atoms with Gasteiger partial charge < -0.3 is 15.4 Å². The fourth-order valence-corrected chi connectivity index (χ4v) is 2.87. The maximum atomic E-state index is 12.7. The fraction of sp³-hybridized carbons (Fsp3) is 0.438. The first-order valence-electron chi connectivity index (χ1n) is 7.68. The average molecular weight is 316 g/mol. The molecule has 1 aromatic rings. The number of nitrogens with zero attached hydrogens (tertiary/aromatic N) is 3. The van der Waals surface area contributed by atoms with Crippen molar-refractivity contribution in [3.05, 3.63) is 30.3 Å². The van der Waals surface area contributed by atoms with Crippen LogP contribution >= 0.6 is 0 Å². The lowest BCUT2D eigenvalue weighted by Gasteiger charge is -2.30. The van der Waals surface area contributed by atoms with Gasteiger partial charge >= 0.3 is 0 Å². The van der Waals surface area contributed by atoms with Crippen LogP contribution < -0.4 is 10.7 Å². The van der Waals surface area contributed by atoms with Crippen molar-refractivity contribution >= 4 is 23.2 Å². The Balaban J connectivity index is 1.82. The zero-order valence-corrected chi connectivity index (χ0v) is 13.0. The van der Waals surface area contributed by atoms with Crippen molar-refractivity contribution < 1.29 is 14.3 Å². The third kappa shape index (κ3) is 3.19. The number of hydrogen-bond donors (Lipinski definition) is 1. The number of anilines is 1. The number of hydrogen-bond acceptors (Lipinski definition) is 5. The molecule has 2 aliphatic heterocycles. The lowest BCUT2D eigenvalue weighted by atomic mass is 10.1. The molecule has 0 unspecified atom stereocenters. The number of rotatable bonds is 3. The highest BCUT2D eigenvalue weighted by Crippen LogP contribution is 2.25. The summed E-state index contributed by atoms with van der Waals surface area (Å²) in [5, 5.41) is 5.92. The molecule has 2 aliphatic rings. The number of carbonyl (C=O) groups is 2. The summed E-state index contributed by atoms with van der Waals surface area (Å²) >= 11 is 0. The van der Waals surface area contributed by atoms with E-state index >= 15 is 0 Å². The van der Waals surface area contributed by atoms with Crippen molar-refractivity contribution in [3.63, 3.8) is 0 Å². The van der Waals surface area contributed by atoms with Crippen LogP contribution in [-0.4, -0.2) is 54.3 Å². The Morgan fingerprint density at radius 1 is 1.30 bits per heavy atom. The van der Waals surface area contributed by atoms with E-state index in [1.807, 2.05) is 37.3 Å². The lowest BCUT2D eigenvalue weighted by molar-refractivity contribution is -0.130. The molecule has 0 aliphatic carbocycles. The molecular formula is C16H20N4O3. The summed E-state index contributed by atoms with van der Waals surface area (Å²) in [6, 6.07) is 8.63. The molecule has 3 rings (SSSR count). The van der Waals surface area contributed by atoms with Crippen molar-refractivity contribution in [2.45, 2.75) is 25.5 Å². The number of nitrogens with two attached hydrogens (primary N) is 1. The van der Waals surface area contributed by atoms with Crippen molar-refractivity contribution in [2.24, 2.45) is 10.8 Å². The summed E-state index contributed by atoms with van der Waals surface area (Å²) in [5.41, 5.74) is 6.60. The maximum absolute atomic E-state index is 12.7. The number of primary amides is 1. The van der Waals surface area contributed by atoms with E-state index in [0.29, 0.717) is 25.4 Å². The zero-order valence-electron chi connectivity index (χ0n) is 13.0. The Kier molecular flexibility index (Phi) is 4.29. The van der Waals surface area contributed by atoms with Crippen LogP contribution in [0.5, 0.6) is 0 Å². The molecule has 0 radical (unpaired) electrons. The molecule has 2 N–H and O–H groups in total. The van der Waals surface area contributed by atoms with E-state index in [-0.39, 0.29) is 18.4 Å². The molecule has 2 amide bonds. The number of benzene rings is 1. The molecule has 1 saturated heterocycles. The predicted molar refractivity (Wildman–Crippen MR) is 85.9 cm³/mol. The van der Waals surface area contributed by atoms with Crippen LogP contribution in [0.1, 0.15) is 13.3 Å². The standard InChI is InChI=1S/C16H20N4O3/c1-11-10-19(7-8-23-11)16(22)13-9-14(15(17)21)20(18-13)12-5-3-2-4-6-12/h2-6,11,14H,7-10H2,1H3,(H2,17,21)/t11-,14-/m1/s1. The van der Waals surface area contributed by atoms with Gasteiger partial charge in [0.2, 0.25) is 5.91 Å². The molecule has 7 heteroatoms. The Hall–Kier alpha value is -2.41. The maximum Gasteiger partial charge on any atom is 0.270 e. The number of carbonyl (C=O) groups excluding carboxylic acids is 2. The predicted octanol–water partition coefficient (Wildman–Crippen LogP) is 0.354. The number of ether oxygens (including phenoxy) is 1. The number of hydrazone groups is 1. The summed E-state index contributed by atoms with van der Waals surface area (Å²) < 4.78 is 5.45. The van der Waals surface area contributed by atoms with Gasteiger partial charge in [-0.2, -0.15) is 5.10 Å². The molecule has 2 atom stereocenters. The van der Waals surface area contributed by atoms with Crippen molar-refractivity contribution in [3.8, 4) is 0 Å². The summed E-state index contributed by atoms with van der Waals surface area (Å²) in [5.74, 6) is -0.638. The van der Waals surface area contributed by atoms with Gasteiger partial charge in [-0.1, -0.05) is 18.2 Å². The summed E-state index contributed by atoms with van der Waals surface area (Å²) in [6.07, 6.45) is 0.237. The highest BCUT2D eigenvalue weighted by molar-refractivity contribution is 6.40. The van der Waals surface area contributed by atoms with Gasteiger partial charge in [-0.25, -0.2) is 0 Å². The van der Waals surface area contributed by atoms with Gasteiger partial charge in [0.05, 0.1) is 18.4 Å². The second-order valence-electron chi connectivity index (χ2n) is 5.78. The third-order valence-corrected chi connectivity index (χ3v) is 4.03. The van der Waals surface area contributed by atoms with Gasteiger partial charge in [-0.05, 0) is 19.1 Å². The van der Waals surface area contributed by atoms with E-state index in [2.05, 4.69) is 5.10 Å². The Bertz CT molecular complexity index is 631. The van der Waals surface area contributed by atoms with Crippen molar-refractivity contribution in [2.75, 3.05) is 24.7 Å². The molecule has 0 aromatic heterocycles. The van der Waals surface area contributed by atoms with Crippen molar-refractivity contribution in [1.29, 1.82) is 0 Å². The van der Waals surface area contributed by atoms with Crippen LogP contribution in [0.2, 0.25) is 0 Å². The first-order chi connectivity index (χ1) is 11.1. The first-order valence-corrected chi connectivity index (χ1v) is 7.68. The van der Waals surface area contributed by atoms with E-state index in [1.54, 1.807) is 9.91 Å². The molecule has 122 valence electrons. The van der Waals surface area contributed by atoms with Crippen LogP contribution in [0, 0.1) is 0 Å². The molecule has 0 spiro atoms. The number of morpholine rings is 1. The molecule has 7 nitrogen and oxygen atoms in total. The number of amides is 2. The zero-order chi connectivity index (χ0) is 16.4. The van der Waals surface area contributed by atoms with E-state index in [4.69, 9.17) is 10.5 Å². The summed E-state index contributed by atoms with van der Waals surface area (Å²) in [7, 11) is 0. The Labute approximate surface area is 134 Å². The monoisotopic (exact) mass is 316 g/mol. The second kappa shape index (κ2) is 6.37. The minimum Gasteiger partial charge on any atom is -0.375 e. The van der Waals surface area contributed by atoms with Gasteiger partial charge in [0.15, 0.2) is 0 Å². The molecule has 1 aromatic carbocycles. The van der Waals surface area contributed by atoms with E-state index in [1.165, 1.54) is 0 Å². The highest BCUT2D eigenvalue weighted by Gasteiger charge is 2.37. The van der Waals surface area contributed by atoms with Crippen LogP contribution in [0.3, 0.4) is 0 Å². The molecule has 23 heavy (non-hydrogen) atoms. The third-order valence-electron chi connectivity index (χ3n) is 4.03. The average Bonchev–Trinajstić information content (AvgIpc) is 3.00. The largest absolute Gasteiger partial charge is 0.375 e. The molecular weight excluding hydrogens is 296 g/mol. The SMILES string of the molecule is C[C@@H]1CN(C(=O)C2=NN(c3ccccc3)[C@@H](C(N)=O)C2)CCO1. The fourth-order valence-electron chi connectivity index (χ4n) is 2.87. The van der Waals surface area contributed by atoms with Gasteiger partial charge in [0.25, 0.3) is 5.91 Å². The van der Waals surface area contributed by atoms with Crippen LogP contribution in [0.25, 0.3) is 0 Å². The Morgan fingerprint density at radius 3 is 2.70 bits per heavy atom. The molecule has 0 saturated carbocycles. The molecule has 2 heterocycles. The Morgan fingerprint density at radius 2 is 2.04 bits per heavy atom. The first kappa shape index (κ1) is 15.5. The number of para-hydroxylation sites is 1. The van der Waals surface area contributed by atoms with Gasteiger partial charge in [-0.3, -0.25) is 14.6 Å². The minimum absolute atomic E-state index is 0.00636. The van der Waals surface area contributed by atoms with Gasteiger partial charge in [0.1, 0.15) is 11.8 Å². The summed E-state index contributed by atoms with van der Waals surface area (Å²) in [4.78, 5) is 26.1. The minimum atomic E-state index is -0.630. The molecule has 1 fully saturated rings. The van der Waals surface area contributed by atoms with Crippen molar-refractivity contribution in [1.82, 2.24) is 4.90 Å². The van der Waals surface area contributed by atoms with E-state index < -0.39 is 11.9 Å². The smallest absolute Gasteiger partial charge is 0.270 e. The normalized spacial score (nSPS) is 24.5. The topological polar surface area (TPSA) is 88.2 Å². The van der Waals surface area contributed by atoms with E-state index in [9.17, 15) is 9.59 Å². The van der Waals surface area contributed by atoms with Gasteiger partial charge in [-0.15, -0.1) is 0 Å². The quantitative estimate of drug-likeness (QED) is 0.872.